The van der Waals surface area contributed by atoms with Gasteiger partial charge in [-0.15, -0.1) is 11.3 Å². The minimum Gasteiger partial charge on any atom is -0.753 e. The molecule has 0 aliphatic carbocycles. The standard InChI is InChI=1S/C24H17N3O6.C19H19F3N3S.CNS.Ru/c28-15-31-8-3-18-1-6-25-21(11-18)23-13-20(5-10-33-17-30)14-24(27-23)22-12-19(2-7-26-22)4-9-32-16-29;1-2-3-4-5-6-13-8-10-26-18(13)14-7-9-23-15(11-14)16-12-17(25-24-16)19(20,21)22;2-1-3;/h1-17H;7-12H,2-6H2,1H3;;/q;2*-1;+2/b8-3+,9-4+,10-5+;;;. The molecular weight excluding hydrogens is 945 g/mol. The van der Waals surface area contributed by atoms with Gasteiger partial charge in [0.25, 0.3) is 19.4 Å². The van der Waals surface area contributed by atoms with Gasteiger partial charge in [0.05, 0.1) is 47.3 Å². The molecule has 0 atom stereocenters. The molecule has 0 fully saturated rings. The first-order chi connectivity index (χ1) is 30.1. The van der Waals surface area contributed by atoms with Crippen LogP contribution in [0.2, 0.25) is 0 Å². The molecule has 6 heterocycles. The van der Waals surface area contributed by atoms with E-state index in [2.05, 4.69) is 74.9 Å². The average Bonchev–Trinajstić information content (AvgIpc) is 3.98. The van der Waals surface area contributed by atoms with Crippen molar-refractivity contribution in [2.75, 3.05) is 0 Å². The Labute approximate surface area is 382 Å². The quantitative estimate of drug-likeness (QED) is 0.0151. The van der Waals surface area contributed by atoms with Gasteiger partial charge in [-0.1, -0.05) is 44.1 Å². The molecule has 6 rings (SSSR count). The van der Waals surface area contributed by atoms with Crippen molar-refractivity contribution in [3.8, 4) is 44.6 Å². The fraction of sp³-hybridized carbons (Fsp3) is 0.159. The average molecular weight is 981 g/mol. The number of alkyl halides is 3. The van der Waals surface area contributed by atoms with E-state index in [0.717, 1.165) is 40.5 Å². The van der Waals surface area contributed by atoms with E-state index >= 15 is 0 Å². The zero-order valence-electron chi connectivity index (χ0n) is 33.2. The molecule has 0 saturated carbocycles. The van der Waals surface area contributed by atoms with Gasteiger partial charge in [-0.2, -0.15) is 18.3 Å². The third-order valence-electron chi connectivity index (χ3n) is 8.28. The summed E-state index contributed by atoms with van der Waals surface area (Å²) in [5.41, 5.74) is 6.15. The fourth-order valence-corrected chi connectivity index (χ4v) is 6.49. The number of hydrogen-bond acceptors (Lipinski definition) is 13. The molecule has 13 nitrogen and oxygen atoms in total. The van der Waals surface area contributed by atoms with Crippen molar-refractivity contribution < 1.29 is 61.2 Å². The number of unbranched alkanes of at least 4 members (excludes halogenated alkanes) is 3. The van der Waals surface area contributed by atoms with Gasteiger partial charge in [0.15, 0.2) is 0 Å². The number of thiophene rings is 1. The Balaban J connectivity index is 0.000000318. The molecule has 0 saturated heterocycles. The van der Waals surface area contributed by atoms with Gasteiger partial charge >= 0.3 is 25.7 Å². The number of halogens is 3. The van der Waals surface area contributed by atoms with Gasteiger partial charge in [-0.3, -0.25) is 29.3 Å². The molecule has 324 valence electrons. The molecule has 0 aromatic carbocycles. The maximum Gasteiger partial charge on any atom is 2.00 e. The predicted octanol–water partition coefficient (Wildman–Crippen LogP) is 10.3. The summed E-state index contributed by atoms with van der Waals surface area (Å²) < 4.78 is 52.0. The van der Waals surface area contributed by atoms with Crippen LogP contribution in [-0.2, 0) is 60.7 Å². The minimum absolute atomic E-state index is 0. The van der Waals surface area contributed by atoms with Crippen molar-refractivity contribution in [3.05, 3.63) is 137 Å². The zero-order valence-corrected chi connectivity index (χ0v) is 36.6. The van der Waals surface area contributed by atoms with Crippen LogP contribution >= 0.6 is 23.6 Å². The van der Waals surface area contributed by atoms with E-state index in [0.29, 0.717) is 53.4 Å². The zero-order chi connectivity index (χ0) is 44.6. The Hall–Kier alpha value is -6.65. The van der Waals surface area contributed by atoms with E-state index in [1.807, 2.05) is 6.07 Å². The normalized spacial score (nSPS) is 10.8. The van der Waals surface area contributed by atoms with Crippen molar-refractivity contribution in [1.82, 2.24) is 30.1 Å². The molecule has 0 amide bonds. The first-order valence-electron chi connectivity index (χ1n) is 18.5. The van der Waals surface area contributed by atoms with Crippen molar-refractivity contribution in [1.29, 1.82) is 0 Å². The van der Waals surface area contributed by atoms with Crippen LogP contribution in [0, 0.1) is 0 Å². The molecule has 0 aliphatic rings. The number of aromatic nitrogens is 6. The molecule has 6 aromatic heterocycles. The number of ether oxygens (including phenoxy) is 3. The van der Waals surface area contributed by atoms with E-state index in [-0.39, 0.29) is 25.2 Å². The SMILES string of the molecule is CCCCCCc1ccsc1-c1ccnc(-c2cc(C(F)(F)F)n[n-]2)c1.O=CO/C=C/c1ccnc(-c2cc(/C=C/OC=O)cc(-c3cc(/C=C/OC=O)ccn3)n2)c1.[N-]=C=S.[Ru+2]. The first kappa shape index (κ1) is 50.7. The van der Waals surface area contributed by atoms with Crippen molar-refractivity contribution in [2.45, 2.75) is 45.2 Å². The van der Waals surface area contributed by atoms with Crippen LogP contribution in [-0.4, -0.2) is 49.6 Å². The first-order valence-corrected chi connectivity index (χ1v) is 19.8. The van der Waals surface area contributed by atoms with Gasteiger partial charge in [-0.05, 0) is 125 Å². The van der Waals surface area contributed by atoms with Gasteiger partial charge in [-0.25, -0.2) is 4.98 Å². The third-order valence-corrected chi connectivity index (χ3v) is 9.29. The molecule has 0 spiro atoms. The largest absolute Gasteiger partial charge is 2.00 e. The number of hydrogen-bond donors (Lipinski definition) is 0. The second-order valence-electron chi connectivity index (χ2n) is 12.4. The Morgan fingerprint density at radius 1 is 0.730 bits per heavy atom. The summed E-state index contributed by atoms with van der Waals surface area (Å²) >= 11 is 5.34. The second kappa shape index (κ2) is 27.3. The number of nitrogens with zero attached hydrogens (tertiary/aromatic N) is 7. The van der Waals surface area contributed by atoms with E-state index in [1.165, 1.54) is 48.8 Å². The second-order valence-corrected chi connectivity index (χ2v) is 13.5. The number of carbonyl (C=O) groups excluding carboxylic acids is 3. The number of pyridine rings is 4. The number of carbonyl (C=O) groups is 3. The Bertz CT molecular complexity index is 2440. The van der Waals surface area contributed by atoms with Crippen LogP contribution in [0.5, 0.6) is 0 Å². The van der Waals surface area contributed by atoms with Crippen LogP contribution in [0.3, 0.4) is 0 Å². The molecule has 19 heteroatoms. The summed E-state index contributed by atoms with van der Waals surface area (Å²) in [6, 6.07) is 17.3. The van der Waals surface area contributed by atoms with Crippen LogP contribution in [0.4, 0.5) is 13.2 Å². The molecule has 0 aliphatic heterocycles. The van der Waals surface area contributed by atoms with E-state index in [1.54, 1.807) is 90.6 Å². The smallest absolute Gasteiger partial charge is 0.753 e. The maximum atomic E-state index is 12.7. The fourth-order valence-electron chi connectivity index (χ4n) is 5.54. The van der Waals surface area contributed by atoms with Crippen molar-refractivity contribution >= 4 is 66.4 Å². The molecular formula is C44H36F3N7O6RuS2. The summed E-state index contributed by atoms with van der Waals surface area (Å²) in [4.78, 5) is 49.9. The summed E-state index contributed by atoms with van der Waals surface area (Å²) in [6.45, 7) is 3.15. The maximum absolute atomic E-state index is 12.7. The van der Waals surface area contributed by atoms with Crippen LogP contribution < -0.4 is 5.10 Å². The van der Waals surface area contributed by atoms with Gasteiger partial charge in [0.2, 0.25) is 0 Å². The Morgan fingerprint density at radius 2 is 1.25 bits per heavy atom. The van der Waals surface area contributed by atoms with Crippen LogP contribution in [0.25, 0.3) is 68.2 Å². The molecule has 0 bridgehead atoms. The molecule has 6 aromatic rings. The van der Waals surface area contributed by atoms with E-state index in [9.17, 15) is 27.6 Å². The summed E-state index contributed by atoms with van der Waals surface area (Å²) in [6.07, 6.45) is 14.7. The number of aryl methyl sites for hydroxylation is 1. The summed E-state index contributed by atoms with van der Waals surface area (Å²) in [5, 5.41) is 17.4. The van der Waals surface area contributed by atoms with Gasteiger partial charge in [0.1, 0.15) is 5.69 Å². The molecule has 0 unspecified atom stereocenters. The number of rotatable bonds is 18. The molecule has 0 radical (unpaired) electrons. The summed E-state index contributed by atoms with van der Waals surface area (Å²) in [7, 11) is 0. The number of thiocarbonyl (C=S) groups is 1. The Morgan fingerprint density at radius 3 is 1.78 bits per heavy atom. The van der Waals surface area contributed by atoms with Crippen molar-refractivity contribution in [2.24, 2.45) is 0 Å². The van der Waals surface area contributed by atoms with Crippen LogP contribution in [0.1, 0.15) is 60.6 Å². The molecule has 63 heavy (non-hydrogen) atoms. The summed E-state index contributed by atoms with van der Waals surface area (Å²) in [5.74, 6) is 0. The molecule has 0 N–H and O–H groups in total. The minimum atomic E-state index is -4.50. The third kappa shape index (κ3) is 16.6. The monoisotopic (exact) mass is 981 g/mol. The number of isothiocyanates is 1. The van der Waals surface area contributed by atoms with E-state index in [4.69, 9.17) is 5.41 Å². The van der Waals surface area contributed by atoms with Gasteiger partial charge in [0, 0.05) is 23.5 Å². The Kier molecular flexibility index (Phi) is 22.0. The van der Waals surface area contributed by atoms with Crippen molar-refractivity contribution in [3.63, 3.8) is 0 Å². The predicted molar refractivity (Wildman–Crippen MR) is 232 cm³/mol. The topological polar surface area (TPSA) is 180 Å². The van der Waals surface area contributed by atoms with Crippen LogP contribution in [0.15, 0.2) is 103 Å². The van der Waals surface area contributed by atoms with Gasteiger partial charge < -0.3 is 29.8 Å². The van der Waals surface area contributed by atoms with E-state index < -0.39 is 11.9 Å².